The molecule has 5 heteroatoms. The van der Waals surface area contributed by atoms with Crippen LogP contribution >= 0.6 is 11.8 Å². The predicted octanol–water partition coefficient (Wildman–Crippen LogP) is 3.13. The Morgan fingerprint density at radius 1 is 1.35 bits per heavy atom. The molecular formula is C18H29N3OS. The van der Waals surface area contributed by atoms with Gasteiger partial charge in [0, 0.05) is 31.6 Å². The summed E-state index contributed by atoms with van der Waals surface area (Å²) < 4.78 is 5.76. The highest BCUT2D eigenvalue weighted by atomic mass is 32.2. The van der Waals surface area contributed by atoms with Gasteiger partial charge in [0.25, 0.3) is 0 Å². The molecule has 1 unspecified atom stereocenters. The highest BCUT2D eigenvalue weighted by Crippen LogP contribution is 2.33. The number of rotatable bonds is 5. The van der Waals surface area contributed by atoms with Crippen LogP contribution in [0.4, 0.5) is 0 Å². The Bertz CT molecular complexity index is 527. The quantitative estimate of drug-likeness (QED) is 0.641. The molecule has 1 atom stereocenters. The van der Waals surface area contributed by atoms with Crippen molar-refractivity contribution in [3.05, 3.63) is 35.4 Å². The van der Waals surface area contributed by atoms with Gasteiger partial charge in [0.05, 0.1) is 6.04 Å². The van der Waals surface area contributed by atoms with E-state index in [1.54, 1.807) is 0 Å². The van der Waals surface area contributed by atoms with E-state index in [0.717, 1.165) is 38.6 Å². The topological polar surface area (TPSA) is 45.7 Å². The standard InChI is InChI=1S/C18H29N3OS/c1-14-7-5-6-8-16(14)15(2)21-17(19-3)20-13-18(23-4)9-11-22-12-10-18/h5-8,15H,9-13H2,1-4H3,(H2,19,20,21). The molecule has 0 radical (unpaired) electrons. The van der Waals surface area contributed by atoms with Gasteiger partial charge in [0.1, 0.15) is 0 Å². The Hall–Kier alpha value is -1.20. The molecule has 0 aliphatic carbocycles. The average molecular weight is 336 g/mol. The summed E-state index contributed by atoms with van der Waals surface area (Å²) in [5.74, 6) is 0.862. The van der Waals surface area contributed by atoms with E-state index in [1.807, 2.05) is 18.8 Å². The van der Waals surface area contributed by atoms with E-state index >= 15 is 0 Å². The molecule has 1 aromatic rings. The Balaban J connectivity index is 1.94. The van der Waals surface area contributed by atoms with Crippen LogP contribution in [0.5, 0.6) is 0 Å². The monoisotopic (exact) mass is 335 g/mol. The fraction of sp³-hybridized carbons (Fsp3) is 0.611. The Morgan fingerprint density at radius 3 is 2.65 bits per heavy atom. The molecule has 1 heterocycles. The number of thioether (sulfide) groups is 1. The summed E-state index contributed by atoms with van der Waals surface area (Å²) >= 11 is 1.94. The van der Waals surface area contributed by atoms with Crippen LogP contribution in [-0.2, 0) is 4.74 Å². The van der Waals surface area contributed by atoms with Gasteiger partial charge in [-0.2, -0.15) is 11.8 Å². The highest BCUT2D eigenvalue weighted by molar-refractivity contribution is 8.00. The molecule has 0 amide bonds. The minimum atomic E-state index is 0.224. The minimum absolute atomic E-state index is 0.224. The van der Waals surface area contributed by atoms with Gasteiger partial charge in [0.15, 0.2) is 5.96 Å². The summed E-state index contributed by atoms with van der Waals surface area (Å²) in [5, 5.41) is 7.02. The van der Waals surface area contributed by atoms with Gasteiger partial charge in [-0.3, -0.25) is 4.99 Å². The van der Waals surface area contributed by atoms with Gasteiger partial charge in [-0.1, -0.05) is 24.3 Å². The van der Waals surface area contributed by atoms with Gasteiger partial charge < -0.3 is 15.4 Å². The maximum Gasteiger partial charge on any atom is 0.191 e. The first-order valence-corrected chi connectivity index (χ1v) is 9.48. The SMILES string of the molecule is CN=C(NCC1(SC)CCOCC1)NC(C)c1ccccc1C. The first-order chi connectivity index (χ1) is 11.1. The fourth-order valence-corrected chi connectivity index (χ4v) is 3.78. The van der Waals surface area contributed by atoms with Crippen molar-refractivity contribution in [3.63, 3.8) is 0 Å². The lowest BCUT2D eigenvalue weighted by Crippen LogP contribution is -2.48. The Labute approximate surface area is 144 Å². The summed E-state index contributed by atoms with van der Waals surface area (Å²) in [7, 11) is 1.83. The van der Waals surface area contributed by atoms with E-state index in [0.29, 0.717) is 0 Å². The van der Waals surface area contributed by atoms with Crippen LogP contribution in [-0.4, -0.2) is 43.8 Å². The third-order valence-electron chi connectivity index (χ3n) is 4.65. The van der Waals surface area contributed by atoms with E-state index in [1.165, 1.54) is 11.1 Å². The normalized spacial score (nSPS) is 19.2. The molecule has 1 aliphatic rings. The summed E-state index contributed by atoms with van der Waals surface area (Å²) in [5.41, 5.74) is 2.61. The van der Waals surface area contributed by atoms with Crippen molar-refractivity contribution in [1.29, 1.82) is 0 Å². The molecule has 4 nitrogen and oxygen atoms in total. The van der Waals surface area contributed by atoms with E-state index in [9.17, 15) is 0 Å². The second-order valence-electron chi connectivity index (χ2n) is 6.15. The summed E-state index contributed by atoms with van der Waals surface area (Å²) in [4.78, 5) is 4.39. The van der Waals surface area contributed by atoms with Gasteiger partial charge >= 0.3 is 0 Å². The average Bonchev–Trinajstić information content (AvgIpc) is 2.59. The molecular weight excluding hydrogens is 306 g/mol. The van der Waals surface area contributed by atoms with Crippen molar-refractivity contribution in [1.82, 2.24) is 10.6 Å². The van der Waals surface area contributed by atoms with Crippen LogP contribution in [0.25, 0.3) is 0 Å². The van der Waals surface area contributed by atoms with Crippen LogP contribution in [0.2, 0.25) is 0 Å². The fourth-order valence-electron chi connectivity index (χ4n) is 2.99. The largest absolute Gasteiger partial charge is 0.381 e. The highest BCUT2D eigenvalue weighted by Gasteiger charge is 2.31. The molecule has 2 rings (SSSR count). The lowest BCUT2D eigenvalue weighted by atomic mass is 9.99. The van der Waals surface area contributed by atoms with E-state index in [4.69, 9.17) is 4.74 Å². The van der Waals surface area contributed by atoms with Crippen molar-refractivity contribution in [2.45, 2.75) is 37.5 Å². The predicted molar refractivity (Wildman–Crippen MR) is 100 cm³/mol. The summed E-state index contributed by atoms with van der Waals surface area (Å²) in [6, 6.07) is 8.70. The van der Waals surface area contributed by atoms with Crippen LogP contribution < -0.4 is 10.6 Å². The second kappa shape index (κ2) is 8.60. The number of ether oxygens (including phenoxy) is 1. The number of benzene rings is 1. The van der Waals surface area contributed by atoms with Crippen molar-refractivity contribution in [2.24, 2.45) is 4.99 Å². The third kappa shape index (κ3) is 4.88. The molecule has 1 aromatic carbocycles. The number of aliphatic imine (C=N–C) groups is 1. The van der Waals surface area contributed by atoms with Crippen LogP contribution in [0, 0.1) is 6.92 Å². The molecule has 2 N–H and O–H groups in total. The van der Waals surface area contributed by atoms with Gasteiger partial charge in [-0.15, -0.1) is 0 Å². The molecule has 1 aliphatic heterocycles. The minimum Gasteiger partial charge on any atom is -0.381 e. The van der Waals surface area contributed by atoms with Gasteiger partial charge in [-0.05, 0) is 44.1 Å². The molecule has 0 spiro atoms. The first-order valence-electron chi connectivity index (χ1n) is 8.26. The molecule has 1 saturated heterocycles. The number of nitrogens with one attached hydrogen (secondary N) is 2. The van der Waals surface area contributed by atoms with Crippen molar-refractivity contribution in [3.8, 4) is 0 Å². The number of hydrogen-bond donors (Lipinski definition) is 2. The van der Waals surface area contributed by atoms with Crippen molar-refractivity contribution >= 4 is 17.7 Å². The van der Waals surface area contributed by atoms with Crippen molar-refractivity contribution in [2.75, 3.05) is 33.1 Å². The smallest absolute Gasteiger partial charge is 0.191 e. The number of aryl methyl sites for hydroxylation is 1. The zero-order valence-corrected chi connectivity index (χ0v) is 15.5. The summed E-state index contributed by atoms with van der Waals surface area (Å²) in [6.07, 6.45) is 4.37. The first kappa shape index (κ1) is 18.1. The third-order valence-corrected chi connectivity index (χ3v) is 6.07. The maximum absolute atomic E-state index is 5.51. The van der Waals surface area contributed by atoms with Crippen LogP contribution in [0.15, 0.2) is 29.3 Å². The molecule has 23 heavy (non-hydrogen) atoms. The molecule has 0 aromatic heterocycles. The van der Waals surface area contributed by atoms with E-state index < -0.39 is 0 Å². The van der Waals surface area contributed by atoms with Crippen LogP contribution in [0.1, 0.15) is 36.9 Å². The maximum atomic E-state index is 5.51. The molecule has 0 saturated carbocycles. The zero-order valence-electron chi connectivity index (χ0n) is 14.7. The van der Waals surface area contributed by atoms with Crippen LogP contribution in [0.3, 0.4) is 0 Å². The van der Waals surface area contributed by atoms with E-state index in [2.05, 4.69) is 60.0 Å². The summed E-state index contributed by atoms with van der Waals surface area (Å²) in [6.45, 7) is 6.95. The number of nitrogens with zero attached hydrogens (tertiary/aromatic N) is 1. The molecule has 128 valence electrons. The second-order valence-corrected chi connectivity index (χ2v) is 7.42. The molecule has 1 fully saturated rings. The zero-order chi connectivity index (χ0) is 16.7. The van der Waals surface area contributed by atoms with Gasteiger partial charge in [-0.25, -0.2) is 0 Å². The van der Waals surface area contributed by atoms with Gasteiger partial charge in [0.2, 0.25) is 0 Å². The lowest BCUT2D eigenvalue weighted by Gasteiger charge is -2.36. The Morgan fingerprint density at radius 2 is 2.04 bits per heavy atom. The lowest BCUT2D eigenvalue weighted by molar-refractivity contribution is 0.0782. The van der Waals surface area contributed by atoms with E-state index in [-0.39, 0.29) is 10.8 Å². The molecule has 0 bridgehead atoms. The van der Waals surface area contributed by atoms with Crippen molar-refractivity contribution < 1.29 is 4.74 Å². The number of guanidine groups is 1. The Kier molecular flexibility index (Phi) is 6.78. The number of hydrogen-bond acceptors (Lipinski definition) is 3.